The maximum absolute atomic E-state index is 12.2. The minimum absolute atomic E-state index is 0.243. The number of nitrogens with one attached hydrogen (secondary N) is 1. The van der Waals surface area contributed by atoms with Gasteiger partial charge in [-0.2, -0.15) is 0 Å². The second-order valence-corrected chi connectivity index (χ2v) is 8.23. The number of hydrogen-bond acceptors (Lipinski definition) is 5. The first-order valence-corrected chi connectivity index (χ1v) is 9.68. The third kappa shape index (κ3) is 6.87. The Kier molecular flexibility index (Phi) is 7.77. The van der Waals surface area contributed by atoms with Gasteiger partial charge in [0, 0.05) is 50.5 Å². The van der Waals surface area contributed by atoms with Crippen LogP contribution in [0.1, 0.15) is 39.2 Å². The lowest BCUT2D eigenvalue weighted by Crippen LogP contribution is -2.44. The zero-order valence-corrected chi connectivity index (χ0v) is 17.6. The summed E-state index contributed by atoms with van der Waals surface area (Å²) in [5.41, 5.74) is 1.60. The molecule has 2 rings (SSSR count). The Labute approximate surface area is 167 Å². The van der Waals surface area contributed by atoms with E-state index in [1.54, 1.807) is 19.1 Å². The molecule has 1 amide bonds. The van der Waals surface area contributed by atoms with E-state index in [4.69, 9.17) is 25.8 Å². The SMILES string of the molecule is COC(Cc1ccc(Cl)cc1NC1CCN(C(=O)OC(C)(C)C)CC1)OC. The van der Waals surface area contributed by atoms with Crippen molar-refractivity contribution in [1.29, 1.82) is 0 Å². The fourth-order valence-corrected chi connectivity index (χ4v) is 3.23. The zero-order valence-electron chi connectivity index (χ0n) is 16.9. The number of ether oxygens (including phenoxy) is 3. The molecule has 1 saturated heterocycles. The van der Waals surface area contributed by atoms with Gasteiger partial charge in [0.1, 0.15) is 5.60 Å². The van der Waals surface area contributed by atoms with Crippen LogP contribution in [0.5, 0.6) is 0 Å². The predicted octanol–water partition coefficient (Wildman–Crippen LogP) is 4.31. The number of likely N-dealkylation sites (tertiary alicyclic amines) is 1. The molecule has 0 aliphatic carbocycles. The monoisotopic (exact) mass is 398 g/mol. The van der Waals surface area contributed by atoms with Crippen molar-refractivity contribution in [1.82, 2.24) is 4.90 Å². The van der Waals surface area contributed by atoms with Crippen LogP contribution in [0.4, 0.5) is 10.5 Å². The highest BCUT2D eigenvalue weighted by atomic mass is 35.5. The number of halogens is 1. The average molecular weight is 399 g/mol. The van der Waals surface area contributed by atoms with Crippen LogP contribution in [-0.4, -0.2) is 56.2 Å². The van der Waals surface area contributed by atoms with Crippen molar-refractivity contribution in [2.24, 2.45) is 0 Å². The highest BCUT2D eigenvalue weighted by Crippen LogP contribution is 2.26. The summed E-state index contributed by atoms with van der Waals surface area (Å²) in [4.78, 5) is 14.0. The topological polar surface area (TPSA) is 60.0 Å². The van der Waals surface area contributed by atoms with Crippen LogP contribution in [0, 0.1) is 0 Å². The van der Waals surface area contributed by atoms with Gasteiger partial charge in [0.15, 0.2) is 6.29 Å². The maximum Gasteiger partial charge on any atom is 0.410 e. The summed E-state index contributed by atoms with van der Waals surface area (Å²) in [5.74, 6) is 0. The van der Waals surface area contributed by atoms with Gasteiger partial charge in [0.25, 0.3) is 0 Å². The molecule has 6 nitrogen and oxygen atoms in total. The van der Waals surface area contributed by atoms with Crippen molar-refractivity contribution in [3.63, 3.8) is 0 Å². The molecular weight excluding hydrogens is 368 g/mol. The van der Waals surface area contributed by atoms with Gasteiger partial charge in [-0.05, 0) is 51.3 Å². The number of hydrogen-bond donors (Lipinski definition) is 1. The molecule has 1 fully saturated rings. The number of amides is 1. The molecule has 1 aliphatic rings. The third-order valence-electron chi connectivity index (χ3n) is 4.49. The molecule has 1 heterocycles. The number of anilines is 1. The maximum atomic E-state index is 12.2. The molecule has 0 saturated carbocycles. The second kappa shape index (κ2) is 9.62. The third-order valence-corrected chi connectivity index (χ3v) is 4.73. The van der Waals surface area contributed by atoms with Crippen LogP contribution in [0.2, 0.25) is 5.02 Å². The van der Waals surface area contributed by atoms with Crippen molar-refractivity contribution in [2.45, 2.75) is 58.0 Å². The van der Waals surface area contributed by atoms with Gasteiger partial charge in [-0.15, -0.1) is 0 Å². The number of rotatable bonds is 6. The largest absolute Gasteiger partial charge is 0.444 e. The van der Waals surface area contributed by atoms with E-state index in [0.717, 1.165) is 24.1 Å². The normalized spacial score (nSPS) is 15.9. The minimum Gasteiger partial charge on any atom is -0.444 e. The fraction of sp³-hybridized carbons (Fsp3) is 0.650. The first kappa shape index (κ1) is 21.8. The Balaban J connectivity index is 1.96. The van der Waals surface area contributed by atoms with E-state index < -0.39 is 5.60 Å². The van der Waals surface area contributed by atoms with Crippen LogP contribution in [0.3, 0.4) is 0 Å². The van der Waals surface area contributed by atoms with Crippen LogP contribution >= 0.6 is 11.6 Å². The van der Waals surface area contributed by atoms with Gasteiger partial charge in [0.05, 0.1) is 0 Å². The van der Waals surface area contributed by atoms with Gasteiger partial charge >= 0.3 is 6.09 Å². The van der Waals surface area contributed by atoms with Crippen LogP contribution in [0.15, 0.2) is 18.2 Å². The van der Waals surface area contributed by atoms with Crippen molar-refractivity contribution in [3.8, 4) is 0 Å². The van der Waals surface area contributed by atoms with Crippen molar-refractivity contribution in [3.05, 3.63) is 28.8 Å². The van der Waals surface area contributed by atoms with Crippen molar-refractivity contribution < 1.29 is 19.0 Å². The highest BCUT2D eigenvalue weighted by Gasteiger charge is 2.27. The minimum atomic E-state index is -0.471. The van der Waals surface area contributed by atoms with E-state index in [0.29, 0.717) is 24.5 Å². The number of carbonyl (C=O) groups excluding carboxylic acids is 1. The van der Waals surface area contributed by atoms with E-state index in [-0.39, 0.29) is 18.4 Å². The molecule has 1 aromatic carbocycles. The summed E-state index contributed by atoms with van der Waals surface area (Å²) in [6.07, 6.45) is 1.78. The van der Waals surface area contributed by atoms with Gasteiger partial charge < -0.3 is 24.4 Å². The summed E-state index contributed by atoms with van der Waals surface area (Å²) in [5, 5.41) is 4.26. The Bertz CT molecular complexity index is 621. The van der Waals surface area contributed by atoms with Crippen LogP contribution in [-0.2, 0) is 20.6 Å². The first-order valence-electron chi connectivity index (χ1n) is 9.30. The lowest BCUT2D eigenvalue weighted by Gasteiger charge is -2.34. The summed E-state index contributed by atoms with van der Waals surface area (Å²) in [6.45, 7) is 6.98. The fourth-order valence-electron chi connectivity index (χ4n) is 3.06. The second-order valence-electron chi connectivity index (χ2n) is 7.79. The van der Waals surface area contributed by atoms with Crippen molar-refractivity contribution >= 4 is 23.4 Å². The van der Waals surface area contributed by atoms with Crippen LogP contribution < -0.4 is 5.32 Å². The molecule has 1 aliphatic heterocycles. The van der Waals surface area contributed by atoms with Gasteiger partial charge in [-0.25, -0.2) is 4.79 Å². The molecule has 0 spiro atoms. The lowest BCUT2D eigenvalue weighted by atomic mass is 10.0. The lowest BCUT2D eigenvalue weighted by molar-refractivity contribution is -0.100. The number of carbonyl (C=O) groups is 1. The van der Waals surface area contributed by atoms with E-state index in [9.17, 15) is 4.79 Å². The molecule has 0 unspecified atom stereocenters. The molecule has 0 radical (unpaired) electrons. The Morgan fingerprint density at radius 3 is 2.44 bits per heavy atom. The van der Waals surface area contributed by atoms with Crippen LogP contribution in [0.25, 0.3) is 0 Å². The van der Waals surface area contributed by atoms with Crippen molar-refractivity contribution in [2.75, 3.05) is 32.6 Å². The summed E-state index contributed by atoms with van der Waals surface area (Å²) in [6, 6.07) is 6.06. The quantitative estimate of drug-likeness (QED) is 0.723. The first-order chi connectivity index (χ1) is 12.7. The summed E-state index contributed by atoms with van der Waals surface area (Å²) >= 11 is 6.19. The average Bonchev–Trinajstić information content (AvgIpc) is 2.60. The molecule has 1 aromatic rings. The predicted molar refractivity (Wildman–Crippen MR) is 107 cm³/mol. The van der Waals surface area contributed by atoms with E-state index >= 15 is 0 Å². The molecule has 7 heteroatoms. The van der Waals surface area contributed by atoms with Gasteiger partial charge in [-0.3, -0.25) is 0 Å². The molecular formula is C20H31ClN2O4. The highest BCUT2D eigenvalue weighted by molar-refractivity contribution is 6.30. The standard InChI is InChI=1S/C20H31ClN2O4/c1-20(2,3)27-19(24)23-10-8-16(9-11-23)22-17-13-15(21)7-6-14(17)12-18(25-4)26-5/h6-7,13,16,18,22H,8-12H2,1-5H3. The number of nitrogens with zero attached hydrogens (tertiary/aromatic N) is 1. The number of methoxy groups -OCH3 is 2. The van der Waals surface area contributed by atoms with E-state index in [1.807, 2.05) is 39.0 Å². The molecule has 1 N–H and O–H groups in total. The van der Waals surface area contributed by atoms with E-state index in [1.165, 1.54) is 0 Å². The van der Waals surface area contributed by atoms with E-state index in [2.05, 4.69) is 5.32 Å². The summed E-state index contributed by atoms with van der Waals surface area (Å²) in [7, 11) is 3.26. The molecule has 27 heavy (non-hydrogen) atoms. The smallest absolute Gasteiger partial charge is 0.410 e. The Morgan fingerprint density at radius 2 is 1.89 bits per heavy atom. The molecule has 0 aromatic heterocycles. The molecule has 0 bridgehead atoms. The zero-order chi connectivity index (χ0) is 20.0. The summed E-state index contributed by atoms with van der Waals surface area (Å²) < 4.78 is 16.1. The molecule has 0 atom stereocenters. The van der Waals surface area contributed by atoms with Gasteiger partial charge in [0.2, 0.25) is 0 Å². The molecule has 152 valence electrons. The van der Waals surface area contributed by atoms with Gasteiger partial charge in [-0.1, -0.05) is 17.7 Å². The Hall–Kier alpha value is -1.50. The number of benzene rings is 1. The Morgan fingerprint density at radius 1 is 1.26 bits per heavy atom. The number of piperidine rings is 1.